The lowest BCUT2D eigenvalue weighted by Gasteiger charge is -2.28. The van der Waals surface area contributed by atoms with Crippen molar-refractivity contribution in [2.24, 2.45) is 0 Å². The average Bonchev–Trinajstić information content (AvgIpc) is 3.51. The van der Waals surface area contributed by atoms with E-state index in [1.165, 1.54) is 0 Å². The van der Waals surface area contributed by atoms with E-state index in [0.717, 1.165) is 33.9 Å². The Balaban J connectivity index is 1.56. The fourth-order valence-corrected chi connectivity index (χ4v) is 4.84. The van der Waals surface area contributed by atoms with E-state index in [-0.39, 0.29) is 18.0 Å². The molecule has 2 aromatic heterocycles. The first kappa shape index (κ1) is 22.8. The summed E-state index contributed by atoms with van der Waals surface area (Å²) in [6.45, 7) is 3.84. The van der Waals surface area contributed by atoms with Crippen molar-refractivity contribution in [3.8, 4) is 5.69 Å². The Hall–Kier alpha value is -3.97. The summed E-state index contributed by atoms with van der Waals surface area (Å²) >= 11 is 5.85. The second kappa shape index (κ2) is 9.72. The standard InChI is InChI=1S/C28H27N5OS/c1-3-25(34)30-23-13-12-22(17-19(23)2)33-27(26(31-28(33)35)24-11-7-8-15-29-24)20-14-16-32(18-20)21-9-5-4-6-10-21/h4-18,26-27H,3H2,1-2H3,(H,30,34)(H,31,35)/t26-,27+/m1/s1. The van der Waals surface area contributed by atoms with Crippen molar-refractivity contribution in [3.05, 3.63) is 108 Å². The molecule has 3 heterocycles. The third kappa shape index (κ3) is 4.55. The van der Waals surface area contributed by atoms with E-state index in [2.05, 4.69) is 61.7 Å². The van der Waals surface area contributed by atoms with Crippen LogP contribution in [-0.2, 0) is 4.79 Å². The van der Waals surface area contributed by atoms with Gasteiger partial charge in [-0.3, -0.25) is 9.78 Å². The Bertz CT molecular complexity index is 1350. The van der Waals surface area contributed by atoms with Gasteiger partial charge in [0.25, 0.3) is 0 Å². The van der Waals surface area contributed by atoms with E-state index in [9.17, 15) is 4.79 Å². The maximum atomic E-state index is 11.9. The molecule has 0 saturated carbocycles. The molecular weight excluding hydrogens is 454 g/mol. The molecule has 1 saturated heterocycles. The third-order valence-corrected chi connectivity index (χ3v) is 6.61. The van der Waals surface area contributed by atoms with Gasteiger partial charge in [0.1, 0.15) is 0 Å². The summed E-state index contributed by atoms with van der Waals surface area (Å²) in [6, 6.07) is 24.1. The van der Waals surface area contributed by atoms with Gasteiger partial charge < -0.3 is 20.1 Å². The molecule has 176 valence electrons. The molecule has 35 heavy (non-hydrogen) atoms. The summed E-state index contributed by atoms with van der Waals surface area (Å²) in [5, 5.41) is 7.12. The van der Waals surface area contributed by atoms with Gasteiger partial charge in [-0.1, -0.05) is 31.2 Å². The van der Waals surface area contributed by atoms with Gasteiger partial charge in [-0.2, -0.15) is 0 Å². The molecule has 5 rings (SSSR count). The number of hydrogen-bond acceptors (Lipinski definition) is 3. The zero-order valence-corrected chi connectivity index (χ0v) is 20.5. The maximum Gasteiger partial charge on any atom is 0.224 e. The van der Waals surface area contributed by atoms with Crippen molar-refractivity contribution in [1.29, 1.82) is 0 Å². The van der Waals surface area contributed by atoms with E-state index in [1.54, 1.807) is 0 Å². The quantitative estimate of drug-likeness (QED) is 0.346. The molecule has 0 aliphatic carbocycles. The molecule has 1 aliphatic heterocycles. The number of nitrogens with zero attached hydrogens (tertiary/aromatic N) is 3. The molecule has 6 nitrogen and oxygen atoms in total. The number of aryl methyl sites for hydroxylation is 1. The monoisotopic (exact) mass is 481 g/mol. The predicted molar refractivity (Wildman–Crippen MR) is 144 cm³/mol. The van der Waals surface area contributed by atoms with Gasteiger partial charge in [0, 0.05) is 42.1 Å². The van der Waals surface area contributed by atoms with Crippen LogP contribution in [0.25, 0.3) is 5.69 Å². The van der Waals surface area contributed by atoms with Crippen LogP contribution in [0.2, 0.25) is 0 Å². The number of carbonyl (C=O) groups is 1. The number of carbonyl (C=O) groups excluding carboxylic acids is 1. The smallest absolute Gasteiger partial charge is 0.224 e. The van der Waals surface area contributed by atoms with Crippen LogP contribution in [0.1, 0.15) is 42.2 Å². The van der Waals surface area contributed by atoms with Gasteiger partial charge in [-0.05, 0) is 78.8 Å². The Morgan fingerprint density at radius 3 is 2.57 bits per heavy atom. The summed E-state index contributed by atoms with van der Waals surface area (Å²) in [5.41, 5.74) is 5.91. The van der Waals surface area contributed by atoms with Crippen LogP contribution in [-0.4, -0.2) is 20.6 Å². The summed E-state index contributed by atoms with van der Waals surface area (Å²) in [6.07, 6.45) is 6.48. The molecule has 0 bridgehead atoms. The van der Waals surface area contributed by atoms with Crippen LogP contribution < -0.4 is 15.5 Å². The number of pyridine rings is 1. The van der Waals surface area contributed by atoms with Crippen molar-refractivity contribution in [2.75, 3.05) is 10.2 Å². The van der Waals surface area contributed by atoms with Crippen LogP contribution in [0, 0.1) is 6.92 Å². The SMILES string of the molecule is CCC(=O)Nc1ccc(N2C(=S)N[C@H](c3ccccn3)[C@@H]2c2ccn(-c3ccccc3)c2)cc1C. The largest absolute Gasteiger partial charge is 0.351 e. The Morgan fingerprint density at radius 2 is 1.86 bits per heavy atom. The maximum absolute atomic E-state index is 11.9. The molecule has 0 spiro atoms. The van der Waals surface area contributed by atoms with E-state index >= 15 is 0 Å². The van der Waals surface area contributed by atoms with Crippen LogP contribution in [0.3, 0.4) is 0 Å². The normalized spacial score (nSPS) is 17.3. The van der Waals surface area contributed by atoms with Crippen LogP contribution in [0.5, 0.6) is 0 Å². The molecule has 2 aromatic carbocycles. The van der Waals surface area contributed by atoms with Gasteiger partial charge in [0.2, 0.25) is 5.91 Å². The fraction of sp³-hybridized carbons (Fsp3) is 0.179. The van der Waals surface area contributed by atoms with E-state index in [0.29, 0.717) is 11.5 Å². The first-order valence-electron chi connectivity index (χ1n) is 11.7. The molecule has 2 N–H and O–H groups in total. The molecular formula is C28H27N5OS. The molecule has 1 fully saturated rings. The van der Waals surface area contributed by atoms with Crippen LogP contribution in [0.4, 0.5) is 11.4 Å². The number of anilines is 2. The number of benzene rings is 2. The predicted octanol–water partition coefficient (Wildman–Crippen LogP) is 5.71. The number of thiocarbonyl (C=S) groups is 1. The Kier molecular flexibility index (Phi) is 6.33. The first-order chi connectivity index (χ1) is 17.0. The van der Waals surface area contributed by atoms with Gasteiger partial charge in [0.15, 0.2) is 5.11 Å². The fourth-order valence-electron chi connectivity index (χ4n) is 4.50. The number of hydrogen-bond donors (Lipinski definition) is 2. The highest BCUT2D eigenvalue weighted by molar-refractivity contribution is 7.80. The summed E-state index contributed by atoms with van der Waals surface area (Å²) in [5.74, 6) is -0.00504. The molecule has 1 aliphatic rings. The van der Waals surface area contributed by atoms with E-state index in [1.807, 2.05) is 68.6 Å². The van der Waals surface area contributed by atoms with Crippen molar-refractivity contribution >= 4 is 34.6 Å². The molecule has 7 heteroatoms. The number of para-hydroxylation sites is 1. The van der Waals surface area contributed by atoms with Gasteiger partial charge in [-0.25, -0.2) is 0 Å². The highest BCUT2D eigenvalue weighted by Gasteiger charge is 2.41. The summed E-state index contributed by atoms with van der Waals surface area (Å²) in [7, 11) is 0. The lowest BCUT2D eigenvalue weighted by molar-refractivity contribution is -0.115. The molecule has 1 amide bonds. The molecule has 0 unspecified atom stereocenters. The number of aromatic nitrogens is 2. The van der Waals surface area contributed by atoms with Gasteiger partial charge >= 0.3 is 0 Å². The zero-order valence-electron chi connectivity index (χ0n) is 19.7. The second-order valence-corrected chi connectivity index (χ2v) is 8.97. The molecule has 0 radical (unpaired) electrons. The second-order valence-electron chi connectivity index (χ2n) is 8.59. The number of amides is 1. The van der Waals surface area contributed by atoms with Crippen molar-refractivity contribution in [2.45, 2.75) is 32.4 Å². The highest BCUT2D eigenvalue weighted by Crippen LogP contribution is 2.42. The zero-order chi connectivity index (χ0) is 24.4. The minimum absolute atomic E-state index is 0.00504. The summed E-state index contributed by atoms with van der Waals surface area (Å²) in [4.78, 5) is 18.7. The Labute approximate surface area is 210 Å². The first-order valence-corrected chi connectivity index (χ1v) is 12.1. The van der Waals surface area contributed by atoms with Crippen molar-refractivity contribution < 1.29 is 4.79 Å². The van der Waals surface area contributed by atoms with Crippen LogP contribution >= 0.6 is 12.2 Å². The molecule has 2 atom stereocenters. The third-order valence-electron chi connectivity index (χ3n) is 6.29. The molecule has 4 aromatic rings. The van der Waals surface area contributed by atoms with E-state index in [4.69, 9.17) is 12.2 Å². The van der Waals surface area contributed by atoms with Crippen LogP contribution in [0.15, 0.2) is 91.4 Å². The van der Waals surface area contributed by atoms with Crippen molar-refractivity contribution in [3.63, 3.8) is 0 Å². The topological polar surface area (TPSA) is 62.2 Å². The summed E-state index contributed by atoms with van der Waals surface area (Å²) < 4.78 is 2.12. The van der Waals surface area contributed by atoms with E-state index < -0.39 is 0 Å². The van der Waals surface area contributed by atoms with Gasteiger partial charge in [-0.15, -0.1) is 0 Å². The minimum Gasteiger partial charge on any atom is -0.351 e. The number of rotatable bonds is 6. The highest BCUT2D eigenvalue weighted by atomic mass is 32.1. The Morgan fingerprint density at radius 1 is 1.06 bits per heavy atom. The average molecular weight is 482 g/mol. The number of nitrogens with one attached hydrogen (secondary N) is 2. The minimum atomic E-state index is -0.116. The van der Waals surface area contributed by atoms with Crippen molar-refractivity contribution in [1.82, 2.24) is 14.9 Å². The lowest BCUT2D eigenvalue weighted by Crippen LogP contribution is -2.29. The lowest BCUT2D eigenvalue weighted by atomic mass is 9.98. The van der Waals surface area contributed by atoms with Gasteiger partial charge in [0.05, 0.1) is 17.8 Å².